The standard InChI is InChI=1S/C14H16FN3O2S/c1-9-4-3-5-17-13(9)8-18-21(19,20)14-7-11(16)6-12(15)10(14)2/h3-7,18H,8,16H2,1-2H3. The summed E-state index contributed by atoms with van der Waals surface area (Å²) in [5.74, 6) is -0.649. The fourth-order valence-electron chi connectivity index (χ4n) is 1.90. The molecular weight excluding hydrogens is 293 g/mol. The number of aromatic nitrogens is 1. The summed E-state index contributed by atoms with van der Waals surface area (Å²) in [6.07, 6.45) is 1.59. The van der Waals surface area contributed by atoms with Gasteiger partial charge in [0.1, 0.15) is 5.82 Å². The lowest BCUT2D eigenvalue weighted by Crippen LogP contribution is -2.25. The molecule has 21 heavy (non-hydrogen) atoms. The normalized spacial score (nSPS) is 11.6. The Morgan fingerprint density at radius 1 is 1.33 bits per heavy atom. The molecule has 2 rings (SSSR count). The lowest BCUT2D eigenvalue weighted by Gasteiger charge is -2.11. The third-order valence-corrected chi connectivity index (χ3v) is 4.68. The SMILES string of the molecule is Cc1cccnc1CNS(=O)(=O)c1cc(N)cc(F)c1C. The highest BCUT2D eigenvalue weighted by Gasteiger charge is 2.20. The molecule has 112 valence electrons. The maximum atomic E-state index is 13.6. The Morgan fingerprint density at radius 2 is 2.05 bits per heavy atom. The minimum atomic E-state index is -3.86. The van der Waals surface area contributed by atoms with Crippen LogP contribution < -0.4 is 10.5 Å². The molecule has 0 saturated heterocycles. The van der Waals surface area contributed by atoms with Gasteiger partial charge in [0.2, 0.25) is 10.0 Å². The molecule has 1 aromatic heterocycles. The number of hydrogen-bond acceptors (Lipinski definition) is 4. The molecule has 0 fully saturated rings. The number of nitrogens with one attached hydrogen (secondary N) is 1. The van der Waals surface area contributed by atoms with E-state index in [2.05, 4.69) is 9.71 Å². The molecule has 0 saturated carbocycles. The molecular formula is C14H16FN3O2S. The van der Waals surface area contributed by atoms with Crippen LogP contribution in [0.25, 0.3) is 0 Å². The van der Waals surface area contributed by atoms with Gasteiger partial charge in [0.15, 0.2) is 0 Å². The van der Waals surface area contributed by atoms with Gasteiger partial charge in [0.05, 0.1) is 17.1 Å². The van der Waals surface area contributed by atoms with E-state index in [1.54, 1.807) is 12.3 Å². The lowest BCUT2D eigenvalue weighted by atomic mass is 10.2. The van der Waals surface area contributed by atoms with E-state index in [0.29, 0.717) is 5.69 Å². The zero-order valence-electron chi connectivity index (χ0n) is 11.7. The van der Waals surface area contributed by atoms with E-state index in [-0.39, 0.29) is 22.7 Å². The summed E-state index contributed by atoms with van der Waals surface area (Å²) < 4.78 is 40.6. The Bertz CT molecular complexity index is 776. The second-order valence-corrected chi connectivity index (χ2v) is 6.45. The van der Waals surface area contributed by atoms with E-state index in [1.807, 2.05) is 13.0 Å². The molecule has 0 spiro atoms. The average molecular weight is 309 g/mol. The Hall–Kier alpha value is -1.99. The van der Waals surface area contributed by atoms with Crippen molar-refractivity contribution in [1.82, 2.24) is 9.71 Å². The van der Waals surface area contributed by atoms with Crippen LogP contribution in [0.5, 0.6) is 0 Å². The molecule has 1 aromatic carbocycles. The van der Waals surface area contributed by atoms with Crippen molar-refractivity contribution in [3.63, 3.8) is 0 Å². The maximum absolute atomic E-state index is 13.6. The maximum Gasteiger partial charge on any atom is 0.241 e. The molecule has 5 nitrogen and oxygen atoms in total. The third kappa shape index (κ3) is 3.37. The Morgan fingerprint density at radius 3 is 2.71 bits per heavy atom. The second kappa shape index (κ2) is 5.79. The number of rotatable bonds is 4. The first-order valence-corrected chi connectivity index (χ1v) is 7.75. The van der Waals surface area contributed by atoms with Gasteiger partial charge in [-0.25, -0.2) is 17.5 Å². The van der Waals surface area contributed by atoms with Crippen LogP contribution in [0, 0.1) is 19.7 Å². The van der Waals surface area contributed by atoms with Crippen molar-refractivity contribution in [3.05, 3.63) is 53.1 Å². The predicted molar refractivity (Wildman–Crippen MR) is 78.5 cm³/mol. The first-order valence-electron chi connectivity index (χ1n) is 6.27. The summed E-state index contributed by atoms with van der Waals surface area (Å²) >= 11 is 0. The minimum absolute atomic E-state index is 0.0326. The number of halogens is 1. The third-order valence-electron chi connectivity index (χ3n) is 3.16. The van der Waals surface area contributed by atoms with Crippen LogP contribution in [0.15, 0.2) is 35.4 Å². The van der Waals surface area contributed by atoms with E-state index in [0.717, 1.165) is 11.6 Å². The number of pyridine rings is 1. The zero-order valence-corrected chi connectivity index (χ0v) is 12.5. The van der Waals surface area contributed by atoms with Crippen LogP contribution in [0.2, 0.25) is 0 Å². The summed E-state index contributed by atoms with van der Waals surface area (Å²) in [4.78, 5) is 3.95. The first kappa shape index (κ1) is 15.4. The van der Waals surface area contributed by atoms with Crippen molar-refractivity contribution in [2.45, 2.75) is 25.3 Å². The van der Waals surface area contributed by atoms with Crippen molar-refractivity contribution < 1.29 is 12.8 Å². The van der Waals surface area contributed by atoms with Gasteiger partial charge in [0.25, 0.3) is 0 Å². The summed E-state index contributed by atoms with van der Waals surface area (Å²) in [5, 5.41) is 0. The molecule has 0 radical (unpaired) electrons. The number of hydrogen-bond donors (Lipinski definition) is 2. The van der Waals surface area contributed by atoms with E-state index in [9.17, 15) is 12.8 Å². The summed E-state index contributed by atoms with van der Waals surface area (Å²) in [7, 11) is -3.86. The number of nitrogens with zero attached hydrogens (tertiary/aromatic N) is 1. The van der Waals surface area contributed by atoms with Gasteiger partial charge < -0.3 is 5.73 Å². The highest BCUT2D eigenvalue weighted by atomic mass is 32.2. The van der Waals surface area contributed by atoms with Gasteiger partial charge in [-0.1, -0.05) is 6.07 Å². The smallest absolute Gasteiger partial charge is 0.241 e. The highest BCUT2D eigenvalue weighted by molar-refractivity contribution is 7.89. The molecule has 2 aromatic rings. The number of benzene rings is 1. The molecule has 0 amide bonds. The van der Waals surface area contributed by atoms with Crippen LogP contribution in [0.1, 0.15) is 16.8 Å². The van der Waals surface area contributed by atoms with Crippen LogP contribution >= 0.6 is 0 Å². The first-order chi connectivity index (χ1) is 9.81. The Labute approximate surface area is 123 Å². The van der Waals surface area contributed by atoms with Crippen molar-refractivity contribution >= 4 is 15.7 Å². The Balaban J connectivity index is 2.30. The van der Waals surface area contributed by atoms with Gasteiger partial charge in [-0.15, -0.1) is 0 Å². The molecule has 0 unspecified atom stereocenters. The summed E-state index contributed by atoms with van der Waals surface area (Å²) in [5.41, 5.74) is 7.10. The highest BCUT2D eigenvalue weighted by Crippen LogP contribution is 2.21. The van der Waals surface area contributed by atoms with Gasteiger partial charge in [-0.3, -0.25) is 4.98 Å². The lowest BCUT2D eigenvalue weighted by molar-refractivity contribution is 0.573. The molecule has 0 aliphatic heterocycles. The number of sulfonamides is 1. The van der Waals surface area contributed by atoms with Gasteiger partial charge in [-0.2, -0.15) is 0 Å². The average Bonchev–Trinajstić information content (AvgIpc) is 2.42. The van der Waals surface area contributed by atoms with Crippen molar-refractivity contribution in [3.8, 4) is 0 Å². The molecule has 0 aliphatic rings. The molecule has 3 N–H and O–H groups in total. The fraction of sp³-hybridized carbons (Fsp3) is 0.214. The molecule has 1 heterocycles. The topological polar surface area (TPSA) is 85.1 Å². The van der Waals surface area contributed by atoms with Gasteiger partial charge in [0, 0.05) is 17.4 Å². The minimum Gasteiger partial charge on any atom is -0.399 e. The quantitative estimate of drug-likeness (QED) is 0.845. The fourth-order valence-corrected chi connectivity index (χ4v) is 3.17. The zero-order chi connectivity index (χ0) is 15.6. The molecule has 0 atom stereocenters. The molecule has 7 heteroatoms. The predicted octanol–water partition coefficient (Wildman–Crippen LogP) is 1.90. The van der Waals surface area contributed by atoms with Crippen LogP contribution in [0.3, 0.4) is 0 Å². The van der Waals surface area contributed by atoms with Crippen LogP contribution in [0.4, 0.5) is 10.1 Å². The summed E-state index contributed by atoms with van der Waals surface area (Å²) in [6, 6.07) is 5.94. The van der Waals surface area contributed by atoms with E-state index in [1.165, 1.54) is 13.0 Å². The summed E-state index contributed by atoms with van der Waals surface area (Å²) in [6.45, 7) is 3.27. The largest absolute Gasteiger partial charge is 0.399 e. The van der Waals surface area contributed by atoms with E-state index in [4.69, 9.17) is 5.73 Å². The number of nitrogens with two attached hydrogens (primary N) is 1. The van der Waals surface area contributed by atoms with Crippen molar-refractivity contribution in [1.29, 1.82) is 0 Å². The van der Waals surface area contributed by atoms with Gasteiger partial charge in [-0.05, 0) is 37.6 Å². The number of anilines is 1. The molecule has 0 bridgehead atoms. The van der Waals surface area contributed by atoms with Crippen LogP contribution in [-0.2, 0) is 16.6 Å². The Kier molecular flexibility index (Phi) is 4.24. The second-order valence-electron chi connectivity index (χ2n) is 4.72. The van der Waals surface area contributed by atoms with E-state index < -0.39 is 15.8 Å². The monoisotopic (exact) mass is 309 g/mol. The van der Waals surface area contributed by atoms with Gasteiger partial charge >= 0.3 is 0 Å². The van der Waals surface area contributed by atoms with Crippen molar-refractivity contribution in [2.24, 2.45) is 0 Å². The van der Waals surface area contributed by atoms with E-state index >= 15 is 0 Å². The van der Waals surface area contributed by atoms with Crippen LogP contribution in [-0.4, -0.2) is 13.4 Å². The number of aryl methyl sites for hydroxylation is 1. The molecule has 0 aliphatic carbocycles. The van der Waals surface area contributed by atoms with Crippen molar-refractivity contribution in [2.75, 3.05) is 5.73 Å². The number of nitrogen functional groups attached to an aromatic ring is 1.